The van der Waals surface area contributed by atoms with E-state index in [4.69, 9.17) is 10.00 Å². The summed E-state index contributed by atoms with van der Waals surface area (Å²) in [5.41, 5.74) is 0.714. The van der Waals surface area contributed by atoms with Gasteiger partial charge in [-0.15, -0.1) is 0 Å². The molecule has 0 aliphatic heterocycles. The fraction of sp³-hybridized carbons (Fsp3) is 0.353. The molecule has 2 aromatic carbocycles. The van der Waals surface area contributed by atoms with Gasteiger partial charge in [0.15, 0.2) is 0 Å². The lowest BCUT2D eigenvalue weighted by Gasteiger charge is -2.23. The molecule has 96 valence electrons. The van der Waals surface area contributed by atoms with Crippen LogP contribution in [0.15, 0.2) is 36.4 Å². The molecule has 1 fully saturated rings. The van der Waals surface area contributed by atoms with Crippen LogP contribution < -0.4 is 4.74 Å². The third kappa shape index (κ3) is 2.42. The zero-order chi connectivity index (χ0) is 13.1. The SMILES string of the molecule is N#Cc1ccc(OC2CCCCC2)c2ccccc12. The molecule has 2 heteroatoms. The van der Waals surface area contributed by atoms with Crippen LogP contribution in [-0.2, 0) is 0 Å². The summed E-state index contributed by atoms with van der Waals surface area (Å²) >= 11 is 0. The van der Waals surface area contributed by atoms with Crippen molar-refractivity contribution >= 4 is 10.8 Å². The Hall–Kier alpha value is -2.01. The van der Waals surface area contributed by atoms with Crippen molar-refractivity contribution in [3.05, 3.63) is 42.0 Å². The summed E-state index contributed by atoms with van der Waals surface area (Å²) in [6, 6.07) is 14.0. The number of hydrogen-bond donors (Lipinski definition) is 0. The third-order valence-corrected chi connectivity index (χ3v) is 3.85. The summed E-state index contributed by atoms with van der Waals surface area (Å²) in [4.78, 5) is 0. The van der Waals surface area contributed by atoms with Crippen molar-refractivity contribution < 1.29 is 4.74 Å². The van der Waals surface area contributed by atoms with Crippen LogP contribution >= 0.6 is 0 Å². The minimum Gasteiger partial charge on any atom is -0.490 e. The molecule has 0 atom stereocenters. The van der Waals surface area contributed by atoms with Gasteiger partial charge in [0.05, 0.1) is 17.7 Å². The Bertz CT molecular complexity index is 621. The molecule has 1 saturated carbocycles. The van der Waals surface area contributed by atoms with Crippen molar-refractivity contribution in [2.45, 2.75) is 38.2 Å². The Kier molecular flexibility index (Phi) is 3.37. The molecule has 0 heterocycles. The van der Waals surface area contributed by atoms with Crippen LogP contribution in [0.1, 0.15) is 37.7 Å². The summed E-state index contributed by atoms with van der Waals surface area (Å²) in [6.45, 7) is 0. The van der Waals surface area contributed by atoms with Gasteiger partial charge < -0.3 is 4.74 Å². The van der Waals surface area contributed by atoms with Gasteiger partial charge in [-0.3, -0.25) is 0 Å². The summed E-state index contributed by atoms with van der Waals surface area (Å²) in [7, 11) is 0. The fourth-order valence-electron chi connectivity index (χ4n) is 2.83. The molecule has 0 aromatic heterocycles. The van der Waals surface area contributed by atoms with Crippen LogP contribution in [0, 0.1) is 11.3 Å². The highest BCUT2D eigenvalue weighted by atomic mass is 16.5. The molecule has 0 amide bonds. The highest BCUT2D eigenvalue weighted by Crippen LogP contribution is 2.31. The first kappa shape index (κ1) is 12.0. The van der Waals surface area contributed by atoms with E-state index in [0.29, 0.717) is 11.7 Å². The van der Waals surface area contributed by atoms with Gasteiger partial charge in [-0.1, -0.05) is 30.7 Å². The van der Waals surface area contributed by atoms with E-state index in [1.807, 2.05) is 36.4 Å². The summed E-state index contributed by atoms with van der Waals surface area (Å²) in [5, 5.41) is 11.2. The van der Waals surface area contributed by atoms with E-state index in [-0.39, 0.29) is 0 Å². The summed E-state index contributed by atoms with van der Waals surface area (Å²) in [6.07, 6.45) is 6.49. The molecule has 0 bridgehead atoms. The number of rotatable bonds is 2. The summed E-state index contributed by atoms with van der Waals surface area (Å²) in [5.74, 6) is 0.918. The first-order chi connectivity index (χ1) is 9.38. The Balaban J connectivity index is 1.97. The van der Waals surface area contributed by atoms with Crippen molar-refractivity contribution in [1.29, 1.82) is 5.26 Å². The lowest BCUT2D eigenvalue weighted by Crippen LogP contribution is -2.19. The van der Waals surface area contributed by atoms with Crippen molar-refractivity contribution in [3.63, 3.8) is 0 Å². The van der Waals surface area contributed by atoms with Crippen molar-refractivity contribution in [2.75, 3.05) is 0 Å². The molecule has 0 N–H and O–H groups in total. The minimum absolute atomic E-state index is 0.338. The number of benzene rings is 2. The monoisotopic (exact) mass is 251 g/mol. The van der Waals surface area contributed by atoms with Gasteiger partial charge in [-0.05, 0) is 37.8 Å². The highest BCUT2D eigenvalue weighted by Gasteiger charge is 2.16. The largest absolute Gasteiger partial charge is 0.490 e. The average molecular weight is 251 g/mol. The molecule has 3 rings (SSSR count). The van der Waals surface area contributed by atoms with Gasteiger partial charge in [0, 0.05) is 10.8 Å². The van der Waals surface area contributed by atoms with Gasteiger partial charge >= 0.3 is 0 Å². The van der Waals surface area contributed by atoms with Crippen LogP contribution in [0.2, 0.25) is 0 Å². The number of nitriles is 1. The second kappa shape index (κ2) is 5.32. The Morgan fingerprint density at radius 2 is 1.68 bits per heavy atom. The van der Waals surface area contributed by atoms with E-state index in [1.165, 1.54) is 19.3 Å². The van der Waals surface area contributed by atoms with Gasteiger partial charge in [0.25, 0.3) is 0 Å². The second-order valence-corrected chi connectivity index (χ2v) is 5.15. The van der Waals surface area contributed by atoms with Gasteiger partial charge in [-0.2, -0.15) is 5.26 Å². The smallest absolute Gasteiger partial charge is 0.127 e. The molecule has 2 nitrogen and oxygen atoms in total. The predicted molar refractivity (Wildman–Crippen MR) is 76.2 cm³/mol. The first-order valence-electron chi connectivity index (χ1n) is 6.97. The maximum absolute atomic E-state index is 9.16. The van der Waals surface area contributed by atoms with Crippen LogP contribution in [-0.4, -0.2) is 6.10 Å². The van der Waals surface area contributed by atoms with Crippen molar-refractivity contribution in [3.8, 4) is 11.8 Å². The quantitative estimate of drug-likeness (QED) is 0.791. The molecule has 0 unspecified atom stereocenters. The number of nitrogens with zero attached hydrogens (tertiary/aromatic N) is 1. The Labute approximate surface area is 113 Å². The van der Waals surface area contributed by atoms with E-state index in [9.17, 15) is 0 Å². The van der Waals surface area contributed by atoms with E-state index in [2.05, 4.69) is 6.07 Å². The first-order valence-corrected chi connectivity index (χ1v) is 6.97. The zero-order valence-electron chi connectivity index (χ0n) is 10.9. The zero-order valence-corrected chi connectivity index (χ0v) is 10.9. The Morgan fingerprint density at radius 3 is 2.42 bits per heavy atom. The van der Waals surface area contributed by atoms with Gasteiger partial charge in [0.1, 0.15) is 5.75 Å². The van der Waals surface area contributed by atoms with Crippen molar-refractivity contribution in [2.24, 2.45) is 0 Å². The van der Waals surface area contributed by atoms with Gasteiger partial charge in [0.2, 0.25) is 0 Å². The molecular formula is C17H17NO. The van der Waals surface area contributed by atoms with Crippen LogP contribution in [0.4, 0.5) is 0 Å². The summed E-state index contributed by atoms with van der Waals surface area (Å²) < 4.78 is 6.16. The standard InChI is InChI=1S/C17H17NO/c18-12-13-10-11-17(16-9-5-4-8-15(13)16)19-14-6-2-1-3-7-14/h4-5,8-11,14H,1-3,6-7H2. The lowest BCUT2D eigenvalue weighted by atomic mass is 9.97. The molecule has 19 heavy (non-hydrogen) atoms. The molecule has 2 aromatic rings. The second-order valence-electron chi connectivity index (χ2n) is 5.15. The van der Waals surface area contributed by atoms with Crippen LogP contribution in [0.3, 0.4) is 0 Å². The maximum atomic E-state index is 9.16. The number of fused-ring (bicyclic) bond motifs is 1. The lowest BCUT2D eigenvalue weighted by molar-refractivity contribution is 0.157. The highest BCUT2D eigenvalue weighted by molar-refractivity contribution is 5.92. The molecule has 0 saturated heterocycles. The molecule has 0 radical (unpaired) electrons. The molecular weight excluding hydrogens is 234 g/mol. The van der Waals surface area contributed by atoms with Crippen molar-refractivity contribution in [1.82, 2.24) is 0 Å². The Morgan fingerprint density at radius 1 is 0.947 bits per heavy atom. The normalized spacial score (nSPS) is 16.2. The molecule has 1 aliphatic carbocycles. The molecule has 1 aliphatic rings. The van der Waals surface area contributed by atoms with Gasteiger partial charge in [-0.25, -0.2) is 0 Å². The predicted octanol–water partition coefficient (Wildman–Crippen LogP) is 4.42. The minimum atomic E-state index is 0.338. The third-order valence-electron chi connectivity index (χ3n) is 3.85. The topological polar surface area (TPSA) is 33.0 Å². The van der Waals surface area contributed by atoms with Crippen LogP contribution in [0.25, 0.3) is 10.8 Å². The fourth-order valence-corrected chi connectivity index (χ4v) is 2.83. The number of hydrogen-bond acceptors (Lipinski definition) is 2. The maximum Gasteiger partial charge on any atom is 0.127 e. The number of ether oxygens (including phenoxy) is 1. The van der Waals surface area contributed by atoms with E-state index >= 15 is 0 Å². The van der Waals surface area contributed by atoms with E-state index in [1.54, 1.807) is 0 Å². The average Bonchev–Trinajstić information content (AvgIpc) is 2.49. The molecule has 0 spiro atoms. The van der Waals surface area contributed by atoms with E-state index < -0.39 is 0 Å². The van der Waals surface area contributed by atoms with Crippen LogP contribution in [0.5, 0.6) is 5.75 Å². The van der Waals surface area contributed by atoms with E-state index in [0.717, 1.165) is 29.4 Å².